The van der Waals surface area contributed by atoms with Gasteiger partial charge in [0.05, 0.1) is 30.5 Å². The number of aliphatic hydroxyl groups is 3. The van der Waals surface area contributed by atoms with Crippen molar-refractivity contribution in [1.82, 2.24) is 4.90 Å². The molecule has 7 rings (SSSR count). The largest absolute Gasteiger partial charge is 0.455 e. The molecule has 5 saturated carbocycles. The van der Waals surface area contributed by atoms with Crippen LogP contribution in [-0.4, -0.2) is 135 Å². The van der Waals surface area contributed by atoms with Crippen LogP contribution in [-0.2, 0) is 33.2 Å². The quantitative estimate of drug-likeness (QED) is 0.0646. The van der Waals surface area contributed by atoms with Crippen LogP contribution < -0.4 is 0 Å². The summed E-state index contributed by atoms with van der Waals surface area (Å²) < 4.78 is 38.5. The first-order chi connectivity index (χ1) is 29.5. The number of esters is 2. The average Bonchev–Trinajstić information content (AvgIpc) is 3.64. The smallest absolute Gasteiger partial charge is 0.338 e. The van der Waals surface area contributed by atoms with Crippen molar-refractivity contribution in [1.29, 1.82) is 0 Å². The lowest BCUT2D eigenvalue weighted by atomic mass is 9.42. The molecule has 1 aromatic rings. The van der Waals surface area contributed by atoms with Gasteiger partial charge in [-0.15, -0.1) is 0 Å². The van der Waals surface area contributed by atoms with Crippen LogP contribution >= 0.6 is 0 Å². The van der Waals surface area contributed by atoms with Gasteiger partial charge in [-0.25, -0.2) is 4.79 Å². The normalized spacial score (nSPS) is 40.7. The maximum absolute atomic E-state index is 14.5. The summed E-state index contributed by atoms with van der Waals surface area (Å²) >= 11 is 0. The Balaban J connectivity index is 1.17. The number of hydrogen-bond donors (Lipinski definition) is 3. The fourth-order valence-electron chi connectivity index (χ4n) is 14.5. The van der Waals surface area contributed by atoms with Gasteiger partial charge >= 0.3 is 11.9 Å². The summed E-state index contributed by atoms with van der Waals surface area (Å²) in [6.45, 7) is 2.96. The molecule has 15 unspecified atom stereocenters. The molecular formula is C49H75NO11. The number of allylic oxidation sites excluding steroid dienone is 2. The second-order valence-corrected chi connectivity index (χ2v) is 19.5. The molecule has 342 valence electrons. The van der Waals surface area contributed by atoms with E-state index in [0.29, 0.717) is 24.9 Å². The second kappa shape index (κ2) is 19.4. The third kappa shape index (κ3) is 7.54. The minimum atomic E-state index is -1.85. The molecule has 12 heteroatoms. The Kier molecular flexibility index (Phi) is 14.8. The van der Waals surface area contributed by atoms with Gasteiger partial charge in [0.15, 0.2) is 5.60 Å². The Morgan fingerprint density at radius 1 is 0.836 bits per heavy atom. The summed E-state index contributed by atoms with van der Waals surface area (Å²) in [5.74, 6) is -3.52. The van der Waals surface area contributed by atoms with Crippen LogP contribution in [0.3, 0.4) is 0 Å². The summed E-state index contributed by atoms with van der Waals surface area (Å²) in [7, 11) is 8.38. The number of ether oxygens (including phenoxy) is 6. The number of carbonyl (C=O) groups excluding carboxylic acids is 2. The summed E-state index contributed by atoms with van der Waals surface area (Å²) in [4.78, 5) is 30.8. The molecule has 6 aliphatic rings. The van der Waals surface area contributed by atoms with Crippen molar-refractivity contribution in [2.24, 2.45) is 34.5 Å². The lowest BCUT2D eigenvalue weighted by Gasteiger charge is -2.70. The zero-order chi connectivity index (χ0) is 43.6. The van der Waals surface area contributed by atoms with E-state index in [0.717, 1.165) is 38.5 Å². The topological polar surface area (TPSA) is 153 Å². The van der Waals surface area contributed by atoms with E-state index in [9.17, 15) is 24.9 Å². The Bertz CT molecular complexity index is 1660. The third-order valence-electron chi connectivity index (χ3n) is 16.5. The first-order valence-electron chi connectivity index (χ1n) is 23.5. The molecule has 12 nitrogen and oxygen atoms in total. The van der Waals surface area contributed by atoms with E-state index in [1.165, 1.54) is 45.6 Å². The Morgan fingerprint density at radius 3 is 2.11 bits per heavy atom. The van der Waals surface area contributed by atoms with E-state index in [-0.39, 0.29) is 31.4 Å². The van der Waals surface area contributed by atoms with Gasteiger partial charge in [0.1, 0.15) is 23.9 Å². The molecular weight excluding hydrogens is 779 g/mol. The molecule has 1 heterocycles. The monoisotopic (exact) mass is 854 g/mol. The maximum Gasteiger partial charge on any atom is 0.338 e. The molecule has 1 spiro atoms. The highest BCUT2D eigenvalue weighted by Crippen LogP contribution is 2.80. The van der Waals surface area contributed by atoms with Gasteiger partial charge in [0, 0.05) is 82.5 Å². The highest BCUT2D eigenvalue weighted by molar-refractivity contribution is 5.89. The van der Waals surface area contributed by atoms with Crippen molar-refractivity contribution in [2.45, 2.75) is 164 Å². The summed E-state index contributed by atoms with van der Waals surface area (Å²) in [6.07, 6.45) is 14.0. The van der Waals surface area contributed by atoms with Crippen LogP contribution in [0.5, 0.6) is 0 Å². The van der Waals surface area contributed by atoms with E-state index in [2.05, 4.69) is 24.0 Å². The van der Waals surface area contributed by atoms with E-state index < -0.39 is 88.3 Å². The standard InChI is InChI=1S/C49H75NO11/c1-7-8-9-10-11-12-13-14-15-16-17-18-19-20-24-27-36(52)61-49-37-33(29-47(55,44(59-6)42(49)53)43(37)60-45(54)32-25-22-21-23-26-32)48-35(57-4)28-34(51)46(31-56-3)30-50(2)41(48)38(49)39(58-5)40(46)48/h14-15,21-23,25-26,33-35,37-44,51,53,55H,7-13,16-20,24,27-31H2,1-6H3. The Labute approximate surface area is 364 Å². The predicted molar refractivity (Wildman–Crippen MR) is 230 cm³/mol. The number of fused-ring (bicyclic) bond motifs is 2. The molecule has 0 radical (unpaired) electrons. The molecule has 1 saturated heterocycles. The van der Waals surface area contributed by atoms with Crippen molar-refractivity contribution >= 4 is 11.9 Å². The first-order valence-corrected chi connectivity index (χ1v) is 23.5. The number of rotatable bonds is 23. The van der Waals surface area contributed by atoms with E-state index in [4.69, 9.17) is 28.4 Å². The molecule has 61 heavy (non-hydrogen) atoms. The van der Waals surface area contributed by atoms with Crippen molar-refractivity contribution < 1.29 is 53.3 Å². The maximum atomic E-state index is 14.5. The fourth-order valence-corrected chi connectivity index (χ4v) is 14.5. The van der Waals surface area contributed by atoms with Gasteiger partial charge in [-0.3, -0.25) is 4.79 Å². The van der Waals surface area contributed by atoms with Crippen LogP contribution in [0.15, 0.2) is 42.5 Å². The van der Waals surface area contributed by atoms with E-state index in [1.54, 1.807) is 45.6 Å². The van der Waals surface area contributed by atoms with Crippen LogP contribution in [0.2, 0.25) is 0 Å². The molecule has 1 aliphatic heterocycles. The number of methoxy groups -OCH3 is 4. The number of nitrogens with zero attached hydrogens (tertiary/aromatic N) is 1. The van der Waals surface area contributed by atoms with Gasteiger partial charge in [0.2, 0.25) is 0 Å². The zero-order valence-electron chi connectivity index (χ0n) is 37.7. The lowest BCUT2D eigenvalue weighted by Crippen LogP contribution is -2.81. The second-order valence-electron chi connectivity index (χ2n) is 19.5. The van der Waals surface area contributed by atoms with Gasteiger partial charge in [0.25, 0.3) is 0 Å². The fraction of sp³-hybridized carbons (Fsp3) is 0.796. The molecule has 0 amide bonds. The number of carbonyl (C=O) groups is 2. The predicted octanol–water partition coefficient (Wildman–Crippen LogP) is 6.28. The minimum absolute atomic E-state index is 0.0799. The van der Waals surface area contributed by atoms with Crippen LogP contribution in [0.4, 0.5) is 0 Å². The van der Waals surface area contributed by atoms with Gasteiger partial charge in [-0.05, 0) is 63.6 Å². The van der Waals surface area contributed by atoms with E-state index >= 15 is 0 Å². The van der Waals surface area contributed by atoms with Crippen molar-refractivity contribution in [3.8, 4) is 0 Å². The zero-order valence-corrected chi connectivity index (χ0v) is 37.7. The molecule has 1 aromatic carbocycles. The van der Waals surface area contributed by atoms with Gasteiger partial charge < -0.3 is 48.6 Å². The SMILES string of the molecule is CCCCCCCCC=CCCCCCCCC(=O)OC12C(O)C(OC)C3(O)CC(C1C3OC(=O)c1ccccc1)C13C(OC)CC(O)C4(COC)CN(C)C1C2C(OC)C43. The molecule has 7 bridgehead atoms. The average molecular weight is 854 g/mol. The van der Waals surface area contributed by atoms with Gasteiger partial charge in [-0.2, -0.15) is 0 Å². The number of aliphatic hydroxyl groups excluding tert-OH is 2. The van der Waals surface area contributed by atoms with Crippen LogP contribution in [0.1, 0.15) is 120 Å². The van der Waals surface area contributed by atoms with Crippen LogP contribution in [0.25, 0.3) is 0 Å². The number of hydrogen-bond acceptors (Lipinski definition) is 12. The summed E-state index contributed by atoms with van der Waals surface area (Å²) in [6, 6.07) is 8.27. The first kappa shape index (κ1) is 46.6. The van der Waals surface area contributed by atoms with Gasteiger partial charge in [-0.1, -0.05) is 88.6 Å². The van der Waals surface area contributed by atoms with E-state index in [1.807, 2.05) is 13.1 Å². The van der Waals surface area contributed by atoms with Crippen molar-refractivity contribution in [3.05, 3.63) is 48.0 Å². The molecule has 3 N–H and O–H groups in total. The Hall–Kier alpha value is -2.42. The highest BCUT2D eigenvalue weighted by Gasteiger charge is 2.92. The molecule has 0 aromatic heterocycles. The third-order valence-corrected chi connectivity index (χ3v) is 16.5. The molecule has 15 atom stereocenters. The number of benzene rings is 1. The summed E-state index contributed by atoms with van der Waals surface area (Å²) in [5.41, 5.74) is -4.85. The number of unbranched alkanes of at least 4 members (excludes halogenated alkanes) is 11. The molecule has 6 fully saturated rings. The van der Waals surface area contributed by atoms with Crippen molar-refractivity contribution in [3.63, 3.8) is 0 Å². The number of piperidine rings is 1. The number of likely N-dealkylation sites (tertiary alicyclic amines) is 1. The minimum Gasteiger partial charge on any atom is -0.455 e. The highest BCUT2D eigenvalue weighted by atomic mass is 16.6. The molecule has 5 aliphatic carbocycles. The lowest BCUT2D eigenvalue weighted by molar-refractivity contribution is -0.321. The van der Waals surface area contributed by atoms with Crippen LogP contribution in [0, 0.1) is 34.5 Å². The van der Waals surface area contributed by atoms with Crippen molar-refractivity contribution in [2.75, 3.05) is 48.6 Å². The summed E-state index contributed by atoms with van der Waals surface area (Å²) in [5, 5.41) is 38.1. The Morgan fingerprint density at radius 2 is 1.49 bits per heavy atom.